The lowest BCUT2D eigenvalue weighted by atomic mass is 10.1. The normalized spacial score (nSPS) is 27.7. The number of carbonyl (C=O) groups excluding carboxylic acids is 2. The van der Waals surface area contributed by atoms with Crippen molar-refractivity contribution in [2.45, 2.75) is 25.9 Å². The van der Waals surface area contributed by atoms with Gasteiger partial charge in [0.05, 0.1) is 13.2 Å². The summed E-state index contributed by atoms with van der Waals surface area (Å²) >= 11 is 0. The van der Waals surface area contributed by atoms with Crippen LogP contribution in [-0.4, -0.2) is 67.2 Å². The lowest BCUT2D eigenvalue weighted by molar-refractivity contribution is -0.145. The van der Waals surface area contributed by atoms with Gasteiger partial charge in [-0.3, -0.25) is 4.79 Å². The molecular weight excluding hydrogens is 234 g/mol. The van der Waals surface area contributed by atoms with Crippen LogP contribution in [0.1, 0.15) is 13.8 Å². The molecule has 2 aliphatic heterocycles. The van der Waals surface area contributed by atoms with Crippen LogP contribution < -0.4 is 5.32 Å². The van der Waals surface area contributed by atoms with E-state index in [9.17, 15) is 9.59 Å². The molecule has 2 fully saturated rings. The second-order valence-electron chi connectivity index (χ2n) is 5.30. The van der Waals surface area contributed by atoms with E-state index < -0.39 is 6.04 Å². The number of rotatable bonds is 3. The average Bonchev–Trinajstić information content (AvgIpc) is 2.65. The molecule has 2 aliphatic rings. The van der Waals surface area contributed by atoms with Crippen molar-refractivity contribution in [1.82, 2.24) is 15.1 Å². The molecule has 0 aromatic carbocycles. The molecule has 2 saturated heterocycles. The highest BCUT2D eigenvalue weighted by Gasteiger charge is 2.46. The van der Waals surface area contributed by atoms with Crippen LogP contribution in [0.15, 0.2) is 0 Å². The van der Waals surface area contributed by atoms with E-state index in [0.29, 0.717) is 25.6 Å². The number of esters is 1. The van der Waals surface area contributed by atoms with Crippen molar-refractivity contribution in [3.05, 3.63) is 0 Å². The number of hydrogen-bond donors (Lipinski definition) is 1. The minimum atomic E-state index is -0.398. The molecule has 2 rings (SSSR count). The van der Waals surface area contributed by atoms with Crippen LogP contribution in [0.4, 0.5) is 4.79 Å². The summed E-state index contributed by atoms with van der Waals surface area (Å²) in [6.45, 7) is 6.80. The third kappa shape index (κ3) is 2.29. The first-order valence-electron chi connectivity index (χ1n) is 6.41. The van der Waals surface area contributed by atoms with E-state index in [2.05, 4.69) is 19.2 Å². The highest BCUT2D eigenvalue weighted by atomic mass is 16.5. The quantitative estimate of drug-likeness (QED) is 0.715. The SMILES string of the molecule is COC(=O)[C@@H]1NCCN2C(=O)N(CC(C)C)C[C@H]12. The zero-order valence-corrected chi connectivity index (χ0v) is 11.2. The van der Waals surface area contributed by atoms with Gasteiger partial charge in [0.1, 0.15) is 6.04 Å². The maximum atomic E-state index is 12.2. The summed E-state index contributed by atoms with van der Waals surface area (Å²) in [5.74, 6) is 0.142. The second kappa shape index (κ2) is 5.14. The van der Waals surface area contributed by atoms with Gasteiger partial charge in [-0.25, -0.2) is 4.79 Å². The summed E-state index contributed by atoms with van der Waals surface area (Å²) in [5.41, 5.74) is 0. The van der Waals surface area contributed by atoms with E-state index in [4.69, 9.17) is 4.74 Å². The average molecular weight is 255 g/mol. The van der Waals surface area contributed by atoms with Gasteiger partial charge in [0.15, 0.2) is 0 Å². The number of amides is 2. The molecule has 0 saturated carbocycles. The molecule has 2 amide bonds. The van der Waals surface area contributed by atoms with Crippen LogP contribution in [0, 0.1) is 5.92 Å². The van der Waals surface area contributed by atoms with E-state index in [0.717, 1.165) is 6.54 Å². The van der Waals surface area contributed by atoms with Gasteiger partial charge in [0, 0.05) is 26.2 Å². The number of nitrogens with zero attached hydrogens (tertiary/aromatic N) is 2. The molecule has 6 nitrogen and oxygen atoms in total. The van der Waals surface area contributed by atoms with Crippen molar-refractivity contribution < 1.29 is 14.3 Å². The van der Waals surface area contributed by atoms with Crippen molar-refractivity contribution in [1.29, 1.82) is 0 Å². The predicted octanol–water partition coefficient (Wildman–Crippen LogP) is -0.107. The third-order valence-corrected chi connectivity index (χ3v) is 3.47. The van der Waals surface area contributed by atoms with Gasteiger partial charge in [-0.1, -0.05) is 13.8 Å². The monoisotopic (exact) mass is 255 g/mol. The van der Waals surface area contributed by atoms with E-state index >= 15 is 0 Å². The van der Waals surface area contributed by atoms with Crippen LogP contribution in [0.25, 0.3) is 0 Å². The van der Waals surface area contributed by atoms with Crippen molar-refractivity contribution >= 4 is 12.0 Å². The van der Waals surface area contributed by atoms with Crippen LogP contribution in [-0.2, 0) is 9.53 Å². The number of piperazine rings is 1. The molecule has 18 heavy (non-hydrogen) atoms. The Morgan fingerprint density at radius 3 is 2.89 bits per heavy atom. The first-order chi connectivity index (χ1) is 8.54. The molecule has 0 radical (unpaired) electrons. The molecule has 2 heterocycles. The van der Waals surface area contributed by atoms with E-state index in [1.807, 2.05) is 4.90 Å². The van der Waals surface area contributed by atoms with Crippen LogP contribution in [0.3, 0.4) is 0 Å². The molecule has 2 atom stereocenters. The first-order valence-corrected chi connectivity index (χ1v) is 6.41. The molecule has 0 aliphatic carbocycles. The molecule has 0 aromatic rings. The van der Waals surface area contributed by atoms with Crippen molar-refractivity contribution in [3.8, 4) is 0 Å². The summed E-state index contributed by atoms with van der Waals surface area (Å²) < 4.78 is 4.79. The molecule has 0 unspecified atom stereocenters. The fraction of sp³-hybridized carbons (Fsp3) is 0.833. The Kier molecular flexibility index (Phi) is 3.75. The number of urea groups is 1. The maximum Gasteiger partial charge on any atom is 0.325 e. The minimum absolute atomic E-state index is 0.0455. The lowest BCUT2D eigenvalue weighted by Crippen LogP contribution is -2.60. The predicted molar refractivity (Wildman–Crippen MR) is 66.1 cm³/mol. The molecule has 0 bridgehead atoms. The van der Waals surface area contributed by atoms with Crippen molar-refractivity contribution in [3.63, 3.8) is 0 Å². The Hall–Kier alpha value is -1.30. The van der Waals surface area contributed by atoms with Crippen LogP contribution >= 0.6 is 0 Å². The molecule has 6 heteroatoms. The second-order valence-corrected chi connectivity index (χ2v) is 5.30. The molecule has 1 N–H and O–H groups in total. The van der Waals surface area contributed by atoms with Gasteiger partial charge in [0.2, 0.25) is 0 Å². The zero-order valence-electron chi connectivity index (χ0n) is 11.2. The number of methoxy groups -OCH3 is 1. The lowest BCUT2D eigenvalue weighted by Gasteiger charge is -2.34. The molecule has 0 aromatic heterocycles. The van der Waals surface area contributed by atoms with Gasteiger partial charge >= 0.3 is 12.0 Å². The topological polar surface area (TPSA) is 61.9 Å². The van der Waals surface area contributed by atoms with E-state index in [1.54, 1.807) is 4.90 Å². The first kappa shape index (κ1) is 13.1. The molecule has 102 valence electrons. The van der Waals surface area contributed by atoms with Crippen LogP contribution in [0.2, 0.25) is 0 Å². The Balaban J connectivity index is 2.10. The third-order valence-electron chi connectivity index (χ3n) is 3.47. The summed E-state index contributed by atoms with van der Waals surface area (Å²) in [7, 11) is 1.38. The number of nitrogens with one attached hydrogen (secondary N) is 1. The fourth-order valence-electron chi connectivity index (χ4n) is 2.71. The number of fused-ring (bicyclic) bond motifs is 1. The van der Waals surface area contributed by atoms with E-state index in [-0.39, 0.29) is 18.0 Å². The van der Waals surface area contributed by atoms with Crippen LogP contribution in [0.5, 0.6) is 0 Å². The number of ether oxygens (including phenoxy) is 1. The molecular formula is C12H21N3O3. The summed E-state index contributed by atoms with van der Waals surface area (Å²) in [6, 6.07) is -0.452. The zero-order chi connectivity index (χ0) is 13.3. The highest BCUT2D eigenvalue weighted by Crippen LogP contribution is 2.22. The standard InChI is InChI=1S/C12H21N3O3/c1-8(2)6-14-7-9-10(11(16)18-3)13-4-5-15(9)12(14)17/h8-10,13H,4-7H2,1-3H3/t9-,10-/m1/s1. The summed E-state index contributed by atoms with van der Waals surface area (Å²) in [4.78, 5) is 27.5. The van der Waals surface area contributed by atoms with Gasteiger partial charge in [-0.05, 0) is 5.92 Å². The van der Waals surface area contributed by atoms with Gasteiger partial charge in [-0.15, -0.1) is 0 Å². The Labute approximate surface area is 107 Å². The Morgan fingerprint density at radius 2 is 2.28 bits per heavy atom. The summed E-state index contributed by atoms with van der Waals surface area (Å²) in [6.07, 6.45) is 0. The highest BCUT2D eigenvalue weighted by molar-refractivity contribution is 5.82. The smallest absolute Gasteiger partial charge is 0.325 e. The van der Waals surface area contributed by atoms with Crippen molar-refractivity contribution in [2.24, 2.45) is 5.92 Å². The van der Waals surface area contributed by atoms with Gasteiger partial charge in [0.25, 0.3) is 0 Å². The van der Waals surface area contributed by atoms with Gasteiger partial charge in [-0.2, -0.15) is 0 Å². The fourth-order valence-corrected chi connectivity index (χ4v) is 2.71. The largest absolute Gasteiger partial charge is 0.468 e. The Bertz CT molecular complexity index is 345. The number of hydrogen-bond acceptors (Lipinski definition) is 4. The van der Waals surface area contributed by atoms with E-state index in [1.165, 1.54) is 7.11 Å². The van der Waals surface area contributed by atoms with Gasteiger partial charge < -0.3 is 19.9 Å². The summed E-state index contributed by atoms with van der Waals surface area (Å²) in [5, 5.41) is 3.14. The number of carbonyl (C=O) groups is 2. The minimum Gasteiger partial charge on any atom is -0.468 e. The van der Waals surface area contributed by atoms with Crippen molar-refractivity contribution in [2.75, 3.05) is 33.3 Å². The maximum absolute atomic E-state index is 12.2. The molecule has 0 spiro atoms. The Morgan fingerprint density at radius 1 is 1.56 bits per heavy atom.